The van der Waals surface area contributed by atoms with E-state index in [2.05, 4.69) is 0 Å². The molecule has 0 fully saturated rings. The van der Waals surface area contributed by atoms with E-state index in [0.717, 1.165) is 19.3 Å². The Morgan fingerprint density at radius 1 is 1.15 bits per heavy atom. The van der Waals surface area contributed by atoms with E-state index >= 15 is 0 Å². The number of benzene rings is 1. The van der Waals surface area contributed by atoms with Gasteiger partial charge in [0.2, 0.25) is 0 Å². The molecule has 0 aromatic heterocycles. The van der Waals surface area contributed by atoms with E-state index < -0.39 is 5.97 Å². The van der Waals surface area contributed by atoms with E-state index in [-0.39, 0.29) is 5.56 Å². The molecular formula is C15H22O5. The summed E-state index contributed by atoms with van der Waals surface area (Å²) in [6, 6.07) is 4.80. The highest BCUT2D eigenvalue weighted by atomic mass is 16.5. The Kier molecular flexibility index (Phi) is 7.50. The van der Waals surface area contributed by atoms with Gasteiger partial charge in [0.25, 0.3) is 0 Å². The molecule has 0 unspecified atom stereocenters. The fraction of sp³-hybridized carbons (Fsp3) is 0.533. The highest BCUT2D eigenvalue weighted by Gasteiger charge is 2.12. The third-order valence-corrected chi connectivity index (χ3v) is 2.66. The quantitative estimate of drug-likeness (QED) is 0.668. The maximum absolute atomic E-state index is 11.1. The number of carboxylic acids is 1. The van der Waals surface area contributed by atoms with Crippen LogP contribution in [0.5, 0.6) is 11.5 Å². The molecule has 0 aliphatic rings. The normalized spacial score (nSPS) is 10.3. The number of unbranched alkanes of at least 4 members (excludes halogenated alkanes) is 1. The average molecular weight is 282 g/mol. The molecule has 0 aliphatic heterocycles. The van der Waals surface area contributed by atoms with Crippen molar-refractivity contribution in [3.63, 3.8) is 0 Å². The standard InChI is InChI=1S/C15H22O5/c1-3-8-19-12-6-7-13(15(16)17)14(11-12)20-10-5-4-9-18-2/h6-7,11H,3-5,8-10H2,1-2H3,(H,16,17). The Morgan fingerprint density at radius 3 is 2.55 bits per heavy atom. The van der Waals surface area contributed by atoms with Gasteiger partial charge in [0, 0.05) is 19.8 Å². The van der Waals surface area contributed by atoms with Crippen LogP contribution in [-0.4, -0.2) is 38.0 Å². The van der Waals surface area contributed by atoms with Crippen LogP contribution in [0, 0.1) is 0 Å². The van der Waals surface area contributed by atoms with Gasteiger partial charge in [0.05, 0.1) is 13.2 Å². The van der Waals surface area contributed by atoms with Crippen molar-refractivity contribution in [1.29, 1.82) is 0 Å². The fourth-order valence-electron chi connectivity index (χ4n) is 1.64. The number of hydrogen-bond donors (Lipinski definition) is 1. The Bertz CT molecular complexity index is 417. The minimum atomic E-state index is -1.00. The first-order chi connectivity index (χ1) is 9.69. The van der Waals surface area contributed by atoms with E-state index in [0.29, 0.717) is 31.3 Å². The molecule has 112 valence electrons. The summed E-state index contributed by atoms with van der Waals surface area (Å²) in [5, 5.41) is 9.13. The molecule has 0 saturated carbocycles. The van der Waals surface area contributed by atoms with Crippen LogP contribution in [0.4, 0.5) is 0 Å². The molecule has 0 spiro atoms. The second-order valence-electron chi connectivity index (χ2n) is 4.36. The molecule has 0 radical (unpaired) electrons. The molecule has 1 N–H and O–H groups in total. The predicted molar refractivity (Wildman–Crippen MR) is 75.8 cm³/mol. The largest absolute Gasteiger partial charge is 0.493 e. The van der Waals surface area contributed by atoms with Crippen molar-refractivity contribution < 1.29 is 24.1 Å². The first-order valence-electron chi connectivity index (χ1n) is 6.81. The van der Waals surface area contributed by atoms with Crippen molar-refractivity contribution in [3.8, 4) is 11.5 Å². The lowest BCUT2D eigenvalue weighted by Gasteiger charge is -2.11. The van der Waals surface area contributed by atoms with Gasteiger partial charge in [-0.2, -0.15) is 0 Å². The van der Waals surface area contributed by atoms with Gasteiger partial charge in [-0.15, -0.1) is 0 Å². The second kappa shape index (κ2) is 9.20. The third-order valence-electron chi connectivity index (χ3n) is 2.66. The van der Waals surface area contributed by atoms with Gasteiger partial charge < -0.3 is 19.3 Å². The molecule has 0 aliphatic carbocycles. The van der Waals surface area contributed by atoms with E-state index in [1.807, 2.05) is 6.92 Å². The van der Waals surface area contributed by atoms with Gasteiger partial charge in [-0.25, -0.2) is 4.79 Å². The Balaban J connectivity index is 2.65. The predicted octanol–water partition coefficient (Wildman–Crippen LogP) is 2.98. The number of carboxylic acid groups (broad SMARTS) is 1. The molecule has 0 heterocycles. The summed E-state index contributed by atoms with van der Waals surface area (Å²) in [5.74, 6) is -0.0220. The Morgan fingerprint density at radius 2 is 1.90 bits per heavy atom. The monoisotopic (exact) mass is 282 g/mol. The highest BCUT2D eigenvalue weighted by Crippen LogP contribution is 2.25. The molecule has 5 nitrogen and oxygen atoms in total. The van der Waals surface area contributed by atoms with E-state index in [4.69, 9.17) is 19.3 Å². The number of aromatic carboxylic acids is 1. The number of rotatable bonds is 10. The van der Waals surface area contributed by atoms with Gasteiger partial charge in [0.15, 0.2) is 0 Å². The minimum absolute atomic E-state index is 0.153. The molecule has 0 bridgehead atoms. The number of methoxy groups -OCH3 is 1. The summed E-state index contributed by atoms with van der Waals surface area (Å²) in [6.07, 6.45) is 2.59. The summed E-state index contributed by atoms with van der Waals surface area (Å²) in [7, 11) is 1.65. The summed E-state index contributed by atoms with van der Waals surface area (Å²) < 4.78 is 16.0. The molecule has 0 amide bonds. The van der Waals surface area contributed by atoms with E-state index in [1.165, 1.54) is 6.07 Å². The number of ether oxygens (including phenoxy) is 3. The summed E-state index contributed by atoms with van der Waals surface area (Å²) >= 11 is 0. The topological polar surface area (TPSA) is 65.0 Å². The van der Waals surface area contributed by atoms with Crippen molar-refractivity contribution in [1.82, 2.24) is 0 Å². The lowest BCUT2D eigenvalue weighted by molar-refractivity contribution is 0.0692. The first-order valence-corrected chi connectivity index (χ1v) is 6.81. The highest BCUT2D eigenvalue weighted by molar-refractivity contribution is 5.91. The summed E-state index contributed by atoms with van der Waals surface area (Å²) in [4.78, 5) is 11.1. The van der Waals surface area contributed by atoms with Crippen LogP contribution in [0.15, 0.2) is 18.2 Å². The molecule has 20 heavy (non-hydrogen) atoms. The van der Waals surface area contributed by atoms with Crippen LogP contribution in [0.1, 0.15) is 36.5 Å². The molecule has 1 aromatic carbocycles. The van der Waals surface area contributed by atoms with Crippen molar-refractivity contribution in [2.45, 2.75) is 26.2 Å². The van der Waals surface area contributed by atoms with Crippen LogP contribution in [-0.2, 0) is 4.74 Å². The van der Waals surface area contributed by atoms with E-state index in [1.54, 1.807) is 19.2 Å². The van der Waals surface area contributed by atoms with Crippen LogP contribution in [0.3, 0.4) is 0 Å². The van der Waals surface area contributed by atoms with Crippen molar-refractivity contribution in [2.24, 2.45) is 0 Å². The molecule has 0 saturated heterocycles. The molecule has 1 aromatic rings. The minimum Gasteiger partial charge on any atom is -0.493 e. The van der Waals surface area contributed by atoms with Crippen molar-refractivity contribution >= 4 is 5.97 Å². The average Bonchev–Trinajstić information content (AvgIpc) is 2.44. The zero-order valence-electron chi connectivity index (χ0n) is 12.1. The second-order valence-corrected chi connectivity index (χ2v) is 4.36. The fourth-order valence-corrected chi connectivity index (χ4v) is 1.64. The van der Waals surface area contributed by atoms with Crippen LogP contribution >= 0.6 is 0 Å². The van der Waals surface area contributed by atoms with Gasteiger partial charge >= 0.3 is 5.97 Å². The van der Waals surface area contributed by atoms with Gasteiger partial charge in [-0.1, -0.05) is 6.92 Å². The SMILES string of the molecule is CCCOc1ccc(C(=O)O)c(OCCCCOC)c1. The Labute approximate surface area is 119 Å². The zero-order valence-corrected chi connectivity index (χ0v) is 12.1. The zero-order chi connectivity index (χ0) is 14.8. The van der Waals surface area contributed by atoms with Crippen LogP contribution in [0.25, 0.3) is 0 Å². The molecule has 5 heteroatoms. The molecular weight excluding hydrogens is 260 g/mol. The van der Waals surface area contributed by atoms with Gasteiger partial charge in [0.1, 0.15) is 17.1 Å². The van der Waals surface area contributed by atoms with Crippen molar-refractivity contribution in [3.05, 3.63) is 23.8 Å². The summed E-state index contributed by atoms with van der Waals surface area (Å²) in [5.41, 5.74) is 0.153. The van der Waals surface area contributed by atoms with Gasteiger partial charge in [-0.3, -0.25) is 0 Å². The molecule has 1 rings (SSSR count). The van der Waals surface area contributed by atoms with E-state index in [9.17, 15) is 4.79 Å². The summed E-state index contributed by atoms with van der Waals surface area (Å²) in [6.45, 7) is 3.74. The van der Waals surface area contributed by atoms with Crippen LogP contribution < -0.4 is 9.47 Å². The lowest BCUT2D eigenvalue weighted by Crippen LogP contribution is -2.06. The third kappa shape index (κ3) is 5.48. The maximum atomic E-state index is 11.1. The van der Waals surface area contributed by atoms with Crippen molar-refractivity contribution in [2.75, 3.05) is 26.9 Å². The van der Waals surface area contributed by atoms with Crippen LogP contribution in [0.2, 0.25) is 0 Å². The number of carbonyl (C=O) groups is 1. The van der Waals surface area contributed by atoms with Gasteiger partial charge in [-0.05, 0) is 31.4 Å². The molecule has 0 atom stereocenters. The first kappa shape index (κ1) is 16.3. The lowest BCUT2D eigenvalue weighted by atomic mass is 10.2. The number of hydrogen-bond acceptors (Lipinski definition) is 4. The smallest absolute Gasteiger partial charge is 0.339 e. The maximum Gasteiger partial charge on any atom is 0.339 e. The Hall–Kier alpha value is -1.75.